The molecule has 0 bridgehead atoms. The zero-order valence-electron chi connectivity index (χ0n) is 18.5. The molecule has 34 heavy (non-hydrogen) atoms. The third kappa shape index (κ3) is 4.80. The van der Waals surface area contributed by atoms with E-state index in [9.17, 15) is 8.42 Å². The molecule has 1 N–H and O–H groups in total. The molecule has 0 saturated heterocycles. The molecule has 0 spiro atoms. The molecule has 1 atom stereocenters. The van der Waals surface area contributed by atoms with Gasteiger partial charge in [0.15, 0.2) is 0 Å². The van der Waals surface area contributed by atoms with E-state index in [1.54, 1.807) is 34.9 Å². The van der Waals surface area contributed by atoms with Crippen LogP contribution in [-0.4, -0.2) is 35.3 Å². The highest BCUT2D eigenvalue weighted by molar-refractivity contribution is 9.10. The first-order chi connectivity index (χ1) is 16.5. The Morgan fingerprint density at radius 3 is 2.44 bits per heavy atom. The summed E-state index contributed by atoms with van der Waals surface area (Å²) >= 11 is 3.58. The van der Waals surface area contributed by atoms with Gasteiger partial charge in [0.25, 0.3) is 0 Å². The van der Waals surface area contributed by atoms with Gasteiger partial charge in [0, 0.05) is 35.5 Å². The van der Waals surface area contributed by atoms with Crippen molar-refractivity contribution >= 4 is 31.6 Å². The molecule has 0 radical (unpaired) electrons. The molecule has 4 aromatic rings. The van der Waals surface area contributed by atoms with E-state index < -0.39 is 10.0 Å². The molecule has 0 aliphatic carbocycles. The van der Waals surface area contributed by atoms with E-state index >= 15 is 0 Å². The Morgan fingerprint density at radius 2 is 1.74 bits per heavy atom. The van der Waals surface area contributed by atoms with E-state index in [-0.39, 0.29) is 6.04 Å². The Morgan fingerprint density at radius 1 is 1.00 bits per heavy atom. The summed E-state index contributed by atoms with van der Waals surface area (Å²) < 4.78 is 30.5. The molecule has 6 nitrogen and oxygen atoms in total. The average molecular weight is 537 g/mol. The van der Waals surface area contributed by atoms with Gasteiger partial charge in [-0.05, 0) is 47.9 Å². The number of fused-ring (bicyclic) bond motifs is 1. The zero-order valence-corrected chi connectivity index (χ0v) is 20.9. The third-order valence-electron chi connectivity index (χ3n) is 6.12. The summed E-state index contributed by atoms with van der Waals surface area (Å²) in [6.07, 6.45) is 4.16. The number of aromatic amines is 1. The summed E-state index contributed by atoms with van der Waals surface area (Å²) in [5, 5.41) is 0. The highest BCUT2D eigenvalue weighted by atomic mass is 79.9. The van der Waals surface area contributed by atoms with Crippen molar-refractivity contribution in [2.45, 2.75) is 30.4 Å². The second-order valence-corrected chi connectivity index (χ2v) is 11.2. The molecule has 1 aliphatic rings. The van der Waals surface area contributed by atoms with Gasteiger partial charge in [0.05, 0.1) is 23.5 Å². The van der Waals surface area contributed by atoms with Crippen LogP contribution in [-0.2, 0) is 29.5 Å². The number of sulfonamides is 1. The number of imidazole rings is 1. The molecule has 0 saturated carbocycles. The summed E-state index contributed by atoms with van der Waals surface area (Å²) in [5.74, 6) is 0. The molecule has 2 heterocycles. The number of H-pyrrole nitrogens is 1. The van der Waals surface area contributed by atoms with Gasteiger partial charge >= 0.3 is 0 Å². The zero-order chi connectivity index (χ0) is 23.5. The Labute approximate surface area is 208 Å². The van der Waals surface area contributed by atoms with Gasteiger partial charge in [-0.2, -0.15) is 4.31 Å². The minimum absolute atomic E-state index is 0.266. The number of aromatic nitrogens is 2. The molecule has 1 aromatic heterocycles. The fraction of sp³-hybridized carbons (Fsp3) is 0.192. The van der Waals surface area contributed by atoms with E-state index in [0.29, 0.717) is 31.0 Å². The molecule has 8 heteroatoms. The number of anilines is 1. The number of hydrogen-bond acceptors (Lipinski definition) is 4. The standard InChI is InChI=1S/C26H25BrN4O2S/c27-22-11-12-26-21(14-22)16-31(34(32,33)25-9-5-2-6-10-25)24(13-20-7-3-1-4-8-20)18-30(26)17-23-15-28-19-29-23/h1-12,14-15,19,24H,13,16-18H2,(H,28,29)/t24-/m1/s1. The lowest BCUT2D eigenvalue weighted by Gasteiger charge is -2.32. The quantitative estimate of drug-likeness (QED) is 0.376. The third-order valence-corrected chi connectivity index (χ3v) is 8.52. The van der Waals surface area contributed by atoms with E-state index in [1.807, 2.05) is 42.6 Å². The Bertz CT molecular complexity index is 1350. The maximum absolute atomic E-state index is 13.9. The molecular formula is C26H25BrN4O2S. The molecule has 3 aromatic carbocycles. The van der Waals surface area contributed by atoms with Crippen molar-refractivity contribution in [3.63, 3.8) is 0 Å². The Hall–Kier alpha value is -2.94. The lowest BCUT2D eigenvalue weighted by molar-refractivity contribution is 0.318. The predicted octanol–water partition coefficient (Wildman–Crippen LogP) is 4.99. The SMILES string of the molecule is O=S(=O)(c1ccccc1)N1Cc2cc(Br)ccc2N(Cc2c[nH]cn2)C[C@H]1Cc1ccccc1. The summed E-state index contributed by atoms with van der Waals surface area (Å²) in [6, 6.07) is 24.6. The highest BCUT2D eigenvalue weighted by Crippen LogP contribution is 2.34. The summed E-state index contributed by atoms with van der Waals surface area (Å²) in [7, 11) is -3.73. The summed E-state index contributed by atoms with van der Waals surface area (Å²) in [6.45, 7) is 1.42. The number of benzene rings is 3. The van der Waals surface area contributed by atoms with Crippen LogP contribution in [0.1, 0.15) is 16.8 Å². The first-order valence-corrected chi connectivity index (χ1v) is 13.4. The van der Waals surface area contributed by atoms with Crippen LogP contribution >= 0.6 is 15.9 Å². The van der Waals surface area contributed by atoms with E-state index in [4.69, 9.17) is 0 Å². The monoisotopic (exact) mass is 536 g/mol. The van der Waals surface area contributed by atoms with Crippen LogP contribution in [0.15, 0.2) is 101 Å². The van der Waals surface area contributed by atoms with Gasteiger partial charge < -0.3 is 9.88 Å². The maximum Gasteiger partial charge on any atom is 0.243 e. The Kier molecular flexibility index (Phi) is 6.54. The van der Waals surface area contributed by atoms with Crippen molar-refractivity contribution in [2.75, 3.05) is 11.4 Å². The van der Waals surface area contributed by atoms with Crippen LogP contribution in [0.5, 0.6) is 0 Å². The molecule has 0 unspecified atom stereocenters. The lowest BCUT2D eigenvalue weighted by Crippen LogP contribution is -2.45. The largest absolute Gasteiger partial charge is 0.364 e. The number of rotatable bonds is 6. The van der Waals surface area contributed by atoms with Crippen molar-refractivity contribution < 1.29 is 8.42 Å². The van der Waals surface area contributed by atoms with Crippen molar-refractivity contribution in [2.24, 2.45) is 0 Å². The van der Waals surface area contributed by atoms with Crippen molar-refractivity contribution in [3.8, 4) is 0 Å². The van der Waals surface area contributed by atoms with Gasteiger partial charge in [-0.15, -0.1) is 0 Å². The van der Waals surface area contributed by atoms with Crippen LogP contribution in [0.2, 0.25) is 0 Å². The Balaban J connectivity index is 1.61. The summed E-state index contributed by atoms with van der Waals surface area (Å²) in [4.78, 5) is 9.99. The van der Waals surface area contributed by atoms with E-state index in [1.165, 1.54) is 0 Å². The summed E-state index contributed by atoms with van der Waals surface area (Å²) in [5.41, 5.74) is 3.99. The smallest absolute Gasteiger partial charge is 0.243 e. The van der Waals surface area contributed by atoms with Crippen molar-refractivity contribution in [1.29, 1.82) is 0 Å². The number of halogens is 1. The average Bonchev–Trinajstić information content (AvgIpc) is 3.31. The van der Waals surface area contributed by atoms with Crippen LogP contribution < -0.4 is 4.90 Å². The number of nitrogens with zero attached hydrogens (tertiary/aromatic N) is 3. The fourth-order valence-electron chi connectivity index (χ4n) is 4.51. The topological polar surface area (TPSA) is 69.3 Å². The van der Waals surface area contributed by atoms with E-state index in [0.717, 1.165) is 27.0 Å². The minimum atomic E-state index is -3.73. The van der Waals surface area contributed by atoms with Gasteiger partial charge in [-0.1, -0.05) is 64.5 Å². The van der Waals surface area contributed by atoms with Gasteiger partial charge in [0.2, 0.25) is 10.0 Å². The predicted molar refractivity (Wildman–Crippen MR) is 137 cm³/mol. The maximum atomic E-state index is 13.9. The van der Waals surface area contributed by atoms with E-state index in [2.05, 4.69) is 49.0 Å². The molecular weight excluding hydrogens is 512 g/mol. The van der Waals surface area contributed by atoms with Crippen LogP contribution in [0.3, 0.4) is 0 Å². The van der Waals surface area contributed by atoms with Gasteiger partial charge in [-0.25, -0.2) is 13.4 Å². The second kappa shape index (κ2) is 9.74. The van der Waals surface area contributed by atoms with Crippen LogP contribution in [0.25, 0.3) is 0 Å². The first-order valence-electron chi connectivity index (χ1n) is 11.1. The minimum Gasteiger partial charge on any atom is -0.364 e. The van der Waals surface area contributed by atoms with Crippen molar-refractivity contribution in [3.05, 3.63) is 113 Å². The fourth-order valence-corrected chi connectivity index (χ4v) is 6.54. The normalized spacial score (nSPS) is 16.7. The molecule has 5 rings (SSSR count). The first kappa shape index (κ1) is 22.8. The molecule has 0 amide bonds. The van der Waals surface area contributed by atoms with Gasteiger partial charge in [-0.3, -0.25) is 0 Å². The number of nitrogens with one attached hydrogen (secondary N) is 1. The molecule has 0 fully saturated rings. The van der Waals surface area contributed by atoms with Crippen LogP contribution in [0, 0.1) is 0 Å². The number of hydrogen-bond donors (Lipinski definition) is 1. The van der Waals surface area contributed by atoms with Gasteiger partial charge in [0.1, 0.15) is 0 Å². The lowest BCUT2D eigenvalue weighted by atomic mass is 10.1. The second-order valence-electron chi connectivity index (χ2n) is 8.42. The van der Waals surface area contributed by atoms with Crippen LogP contribution in [0.4, 0.5) is 5.69 Å². The molecule has 1 aliphatic heterocycles. The van der Waals surface area contributed by atoms with Crippen molar-refractivity contribution in [1.82, 2.24) is 14.3 Å². The highest BCUT2D eigenvalue weighted by Gasteiger charge is 2.36. The molecule has 174 valence electrons.